The molecule has 3 heteroatoms. The van der Waals surface area contributed by atoms with Crippen molar-refractivity contribution in [2.45, 2.75) is 0 Å². The Balaban J connectivity index is 1.11. The fourth-order valence-electron chi connectivity index (χ4n) is 8.19. The summed E-state index contributed by atoms with van der Waals surface area (Å²) in [6.45, 7) is 0. The van der Waals surface area contributed by atoms with Crippen LogP contribution in [0.15, 0.2) is 200 Å². The van der Waals surface area contributed by atoms with Gasteiger partial charge >= 0.3 is 0 Å². The van der Waals surface area contributed by atoms with Gasteiger partial charge in [-0.15, -0.1) is 22.7 Å². The average Bonchev–Trinajstić information content (AvgIpc) is 3.83. The Morgan fingerprint density at radius 1 is 0.291 bits per heavy atom. The minimum atomic E-state index is 1.11. The van der Waals surface area contributed by atoms with Crippen LogP contribution in [0.2, 0.25) is 0 Å². The van der Waals surface area contributed by atoms with E-state index in [1.165, 1.54) is 84.5 Å². The fourth-order valence-corrected chi connectivity index (χ4v) is 10.5. The van der Waals surface area contributed by atoms with Gasteiger partial charge in [-0.3, -0.25) is 0 Å². The monoisotopic (exact) mass is 735 g/mol. The number of rotatable bonds is 6. The third-order valence-corrected chi connectivity index (χ3v) is 13.2. The lowest BCUT2D eigenvalue weighted by Crippen LogP contribution is -2.10. The van der Waals surface area contributed by atoms with Gasteiger partial charge in [0.2, 0.25) is 0 Å². The second kappa shape index (κ2) is 13.1. The van der Waals surface area contributed by atoms with E-state index < -0.39 is 0 Å². The second-order valence-corrected chi connectivity index (χ2v) is 16.2. The summed E-state index contributed by atoms with van der Waals surface area (Å²) in [5.41, 5.74) is 10.7. The van der Waals surface area contributed by atoms with E-state index >= 15 is 0 Å². The van der Waals surface area contributed by atoms with Gasteiger partial charge in [-0.05, 0) is 99.3 Å². The molecule has 258 valence electrons. The van der Waals surface area contributed by atoms with Gasteiger partial charge in [-0.1, -0.05) is 140 Å². The third kappa shape index (κ3) is 5.51. The zero-order chi connectivity index (χ0) is 36.3. The van der Waals surface area contributed by atoms with Crippen molar-refractivity contribution in [1.29, 1.82) is 0 Å². The first-order chi connectivity index (χ1) is 27.2. The van der Waals surface area contributed by atoms with E-state index in [0.717, 1.165) is 17.1 Å². The molecule has 0 amide bonds. The molecular weight excluding hydrogens is 703 g/mol. The highest BCUT2D eigenvalue weighted by molar-refractivity contribution is 7.26. The van der Waals surface area contributed by atoms with Crippen molar-refractivity contribution in [3.8, 4) is 33.4 Å². The molecule has 0 spiro atoms. The molecule has 2 heterocycles. The maximum atomic E-state index is 2.42. The predicted molar refractivity (Wildman–Crippen MR) is 241 cm³/mol. The Bertz CT molecular complexity index is 3210. The molecule has 11 aromatic rings. The highest BCUT2D eigenvalue weighted by Gasteiger charge is 2.20. The molecule has 0 aliphatic carbocycles. The number of hydrogen-bond donors (Lipinski definition) is 0. The number of fused-ring (bicyclic) bond motifs is 7. The van der Waals surface area contributed by atoms with Gasteiger partial charge in [-0.2, -0.15) is 0 Å². The number of anilines is 3. The lowest BCUT2D eigenvalue weighted by molar-refractivity contribution is 1.29. The molecule has 0 fully saturated rings. The Hall–Kier alpha value is -6.52. The van der Waals surface area contributed by atoms with Gasteiger partial charge in [0, 0.05) is 63.0 Å². The third-order valence-electron chi connectivity index (χ3n) is 10.9. The molecule has 0 bridgehead atoms. The van der Waals surface area contributed by atoms with Crippen LogP contribution in [0, 0.1) is 0 Å². The van der Waals surface area contributed by atoms with E-state index in [1.54, 1.807) is 0 Å². The Morgan fingerprint density at radius 2 is 0.909 bits per heavy atom. The van der Waals surface area contributed by atoms with Crippen molar-refractivity contribution >= 4 is 90.9 Å². The molecule has 55 heavy (non-hydrogen) atoms. The summed E-state index contributed by atoms with van der Waals surface area (Å²) >= 11 is 3.74. The van der Waals surface area contributed by atoms with E-state index in [2.05, 4.69) is 205 Å². The zero-order valence-electron chi connectivity index (χ0n) is 29.8. The number of thiophene rings is 2. The van der Waals surface area contributed by atoms with Gasteiger partial charge in [0.1, 0.15) is 0 Å². The molecule has 0 radical (unpaired) electrons. The largest absolute Gasteiger partial charge is 0.310 e. The van der Waals surface area contributed by atoms with E-state index in [9.17, 15) is 0 Å². The first-order valence-electron chi connectivity index (χ1n) is 18.7. The van der Waals surface area contributed by atoms with E-state index in [4.69, 9.17) is 0 Å². The SMILES string of the molecule is c1ccc(-c2cc(N(c3ccc(-c4ccc5ccccc5c4)cc3)c3ccc4sc5ccccc5c4c3)ccc2-c2cccc3c2sc2ccccc23)cc1. The second-order valence-electron chi connectivity index (χ2n) is 14.1. The van der Waals surface area contributed by atoms with Crippen molar-refractivity contribution in [1.82, 2.24) is 0 Å². The van der Waals surface area contributed by atoms with Crippen LogP contribution in [0.1, 0.15) is 0 Å². The minimum Gasteiger partial charge on any atom is -0.310 e. The summed E-state index contributed by atoms with van der Waals surface area (Å²) < 4.78 is 5.25. The molecule has 0 N–H and O–H groups in total. The first kappa shape index (κ1) is 32.0. The first-order valence-corrected chi connectivity index (χ1v) is 20.3. The van der Waals surface area contributed by atoms with Crippen molar-refractivity contribution in [2.75, 3.05) is 4.90 Å². The standard InChI is InChI=1S/C52H33NS2/c1-2-12-36(13-3-1)47-32-40(27-29-42(47)45-17-10-18-46-43-15-6-9-20-50(43)55-52(45)46)53(41-28-30-51-48(33-41)44-16-7-8-19-49(44)54-51)39-25-23-35(24-26-39)38-22-21-34-11-4-5-14-37(34)31-38/h1-33H. The molecule has 2 aromatic heterocycles. The summed E-state index contributed by atoms with van der Waals surface area (Å²) in [7, 11) is 0. The lowest BCUT2D eigenvalue weighted by atomic mass is 9.92. The fraction of sp³-hybridized carbons (Fsp3) is 0. The lowest BCUT2D eigenvalue weighted by Gasteiger charge is -2.27. The van der Waals surface area contributed by atoms with Crippen LogP contribution >= 0.6 is 22.7 Å². The molecule has 0 aliphatic rings. The van der Waals surface area contributed by atoms with Crippen LogP contribution < -0.4 is 4.90 Å². The topological polar surface area (TPSA) is 3.24 Å². The Kier molecular flexibility index (Phi) is 7.61. The molecule has 0 aliphatic heterocycles. The quantitative estimate of drug-likeness (QED) is 0.164. The number of hydrogen-bond acceptors (Lipinski definition) is 3. The molecule has 0 unspecified atom stereocenters. The maximum Gasteiger partial charge on any atom is 0.0468 e. The molecule has 11 rings (SSSR count). The molecular formula is C52H33NS2. The Morgan fingerprint density at radius 3 is 1.75 bits per heavy atom. The minimum absolute atomic E-state index is 1.11. The highest BCUT2D eigenvalue weighted by atomic mass is 32.1. The maximum absolute atomic E-state index is 2.42. The summed E-state index contributed by atoms with van der Waals surface area (Å²) in [4.78, 5) is 2.42. The summed E-state index contributed by atoms with van der Waals surface area (Å²) in [5.74, 6) is 0. The molecule has 0 saturated heterocycles. The molecule has 0 saturated carbocycles. The number of benzene rings is 9. The van der Waals surface area contributed by atoms with Gasteiger partial charge in [-0.25, -0.2) is 0 Å². The van der Waals surface area contributed by atoms with Crippen molar-refractivity contribution in [2.24, 2.45) is 0 Å². The van der Waals surface area contributed by atoms with E-state index in [1.807, 2.05) is 22.7 Å². The van der Waals surface area contributed by atoms with Crippen molar-refractivity contribution in [3.63, 3.8) is 0 Å². The summed E-state index contributed by atoms with van der Waals surface area (Å²) in [6.07, 6.45) is 0. The summed E-state index contributed by atoms with van der Waals surface area (Å²) in [5, 5.41) is 7.72. The van der Waals surface area contributed by atoms with Crippen LogP contribution in [0.5, 0.6) is 0 Å². The van der Waals surface area contributed by atoms with Crippen LogP contribution in [0.4, 0.5) is 17.1 Å². The van der Waals surface area contributed by atoms with Gasteiger partial charge in [0.25, 0.3) is 0 Å². The van der Waals surface area contributed by atoms with Crippen molar-refractivity contribution < 1.29 is 0 Å². The van der Waals surface area contributed by atoms with Crippen LogP contribution in [-0.4, -0.2) is 0 Å². The summed E-state index contributed by atoms with van der Waals surface area (Å²) in [6, 6.07) is 73.5. The van der Waals surface area contributed by atoms with Crippen LogP contribution in [0.3, 0.4) is 0 Å². The molecule has 1 nitrogen and oxygen atoms in total. The van der Waals surface area contributed by atoms with Crippen molar-refractivity contribution in [3.05, 3.63) is 200 Å². The molecule has 0 atom stereocenters. The normalized spacial score (nSPS) is 11.6. The predicted octanol–water partition coefficient (Wildman–Crippen LogP) is 16.0. The van der Waals surface area contributed by atoms with Crippen LogP contribution in [-0.2, 0) is 0 Å². The van der Waals surface area contributed by atoms with E-state index in [0.29, 0.717) is 0 Å². The zero-order valence-corrected chi connectivity index (χ0v) is 31.4. The van der Waals surface area contributed by atoms with Gasteiger partial charge in [0.05, 0.1) is 0 Å². The number of nitrogens with zero attached hydrogens (tertiary/aromatic N) is 1. The van der Waals surface area contributed by atoms with E-state index in [-0.39, 0.29) is 0 Å². The Labute approximate surface area is 327 Å². The molecule has 9 aromatic carbocycles. The van der Waals surface area contributed by atoms with Gasteiger partial charge < -0.3 is 4.90 Å². The highest BCUT2D eigenvalue weighted by Crippen LogP contribution is 2.46. The average molecular weight is 736 g/mol. The van der Waals surface area contributed by atoms with Crippen LogP contribution in [0.25, 0.3) is 84.5 Å². The smallest absolute Gasteiger partial charge is 0.0468 e. The van der Waals surface area contributed by atoms with Gasteiger partial charge in [0.15, 0.2) is 0 Å².